The van der Waals surface area contributed by atoms with Crippen molar-refractivity contribution in [1.82, 2.24) is 15.3 Å². The van der Waals surface area contributed by atoms with Crippen molar-refractivity contribution in [2.75, 3.05) is 20.6 Å². The van der Waals surface area contributed by atoms with Crippen molar-refractivity contribution in [2.45, 2.75) is 38.1 Å². The second kappa shape index (κ2) is 5.35. The van der Waals surface area contributed by atoms with Crippen LogP contribution in [0.1, 0.15) is 32.6 Å². The zero-order chi connectivity index (χ0) is 13.1. The minimum atomic E-state index is -1.02. The van der Waals surface area contributed by atoms with E-state index >= 15 is 0 Å². The Bertz CT molecular complexity index is 306. The minimum Gasteiger partial charge on any atom is -0.479 e. The fourth-order valence-electron chi connectivity index (χ4n) is 2.43. The van der Waals surface area contributed by atoms with Gasteiger partial charge in [0.25, 0.3) is 0 Å². The molecule has 98 valence electrons. The molecule has 6 heteroatoms. The second-order valence-corrected chi connectivity index (χ2v) is 4.65. The summed E-state index contributed by atoms with van der Waals surface area (Å²) in [5.41, 5.74) is 1.59. The summed E-state index contributed by atoms with van der Waals surface area (Å²) in [5.74, 6) is -0.897. The van der Waals surface area contributed by atoms with Crippen LogP contribution in [0, 0.1) is 0 Å². The van der Waals surface area contributed by atoms with Gasteiger partial charge in [-0.3, -0.25) is 5.43 Å². The third kappa shape index (κ3) is 2.69. The van der Waals surface area contributed by atoms with Crippen molar-refractivity contribution in [1.29, 1.82) is 0 Å². The van der Waals surface area contributed by atoms with E-state index in [1.54, 1.807) is 14.1 Å². The lowest BCUT2D eigenvalue weighted by Crippen LogP contribution is -2.57. The highest BCUT2D eigenvalue weighted by molar-refractivity contribution is 5.86. The number of hydrogen-bond acceptors (Lipinski definition) is 3. The van der Waals surface area contributed by atoms with E-state index in [1.807, 2.05) is 6.92 Å². The number of carboxylic acids is 1. The maximum Gasteiger partial charge on any atom is 0.332 e. The van der Waals surface area contributed by atoms with Crippen LogP contribution in [-0.2, 0) is 4.79 Å². The van der Waals surface area contributed by atoms with E-state index in [1.165, 1.54) is 9.91 Å². The molecule has 1 aliphatic heterocycles. The zero-order valence-corrected chi connectivity index (χ0v) is 10.7. The molecule has 0 aromatic heterocycles. The average Bonchev–Trinajstić information content (AvgIpc) is 2.62. The Morgan fingerprint density at radius 2 is 2.12 bits per heavy atom. The van der Waals surface area contributed by atoms with E-state index in [2.05, 4.69) is 5.43 Å². The van der Waals surface area contributed by atoms with Crippen molar-refractivity contribution in [3.05, 3.63) is 0 Å². The fourth-order valence-corrected chi connectivity index (χ4v) is 2.43. The first-order valence-electron chi connectivity index (χ1n) is 5.93. The van der Waals surface area contributed by atoms with Gasteiger partial charge in [0.2, 0.25) is 0 Å². The summed E-state index contributed by atoms with van der Waals surface area (Å²) in [6.45, 7) is 2.44. The molecule has 0 spiro atoms. The summed E-state index contributed by atoms with van der Waals surface area (Å²) in [6, 6.07) is -0.330. The average molecular weight is 243 g/mol. The number of carbonyl (C=O) groups is 2. The first-order chi connectivity index (χ1) is 7.94. The van der Waals surface area contributed by atoms with Crippen LogP contribution in [0.2, 0.25) is 0 Å². The SMILES string of the molecule is CCCC1(C(=O)O)CCCN1C(=O)NN(C)C. The lowest BCUT2D eigenvalue weighted by molar-refractivity contribution is -0.148. The van der Waals surface area contributed by atoms with E-state index in [-0.39, 0.29) is 6.03 Å². The van der Waals surface area contributed by atoms with Crippen molar-refractivity contribution in [2.24, 2.45) is 0 Å². The molecule has 1 heterocycles. The maximum atomic E-state index is 12.0. The van der Waals surface area contributed by atoms with Crippen molar-refractivity contribution in [3.63, 3.8) is 0 Å². The van der Waals surface area contributed by atoms with Crippen LogP contribution in [0.4, 0.5) is 4.79 Å². The second-order valence-electron chi connectivity index (χ2n) is 4.65. The van der Waals surface area contributed by atoms with E-state index in [9.17, 15) is 14.7 Å². The summed E-state index contributed by atoms with van der Waals surface area (Å²) < 4.78 is 0. The molecule has 0 aromatic rings. The molecule has 1 aliphatic rings. The molecule has 0 bridgehead atoms. The highest BCUT2D eigenvalue weighted by Crippen LogP contribution is 2.33. The molecule has 1 fully saturated rings. The molecule has 2 N–H and O–H groups in total. The summed E-state index contributed by atoms with van der Waals surface area (Å²) in [7, 11) is 3.41. The molecule has 1 unspecified atom stereocenters. The van der Waals surface area contributed by atoms with E-state index in [0.29, 0.717) is 19.4 Å². The van der Waals surface area contributed by atoms with Gasteiger partial charge in [-0.2, -0.15) is 0 Å². The molecule has 0 radical (unpaired) electrons. The van der Waals surface area contributed by atoms with Gasteiger partial charge in [-0.05, 0) is 19.3 Å². The predicted octanol–water partition coefficient (Wildman–Crippen LogP) is 0.892. The number of amides is 2. The van der Waals surface area contributed by atoms with E-state index in [4.69, 9.17) is 0 Å². The Balaban J connectivity index is 2.88. The first kappa shape index (κ1) is 13.8. The Morgan fingerprint density at radius 1 is 1.47 bits per heavy atom. The Morgan fingerprint density at radius 3 is 2.59 bits per heavy atom. The highest BCUT2D eigenvalue weighted by atomic mass is 16.4. The van der Waals surface area contributed by atoms with Gasteiger partial charge in [-0.1, -0.05) is 13.3 Å². The largest absolute Gasteiger partial charge is 0.479 e. The quantitative estimate of drug-likeness (QED) is 0.719. The van der Waals surface area contributed by atoms with Crippen LogP contribution >= 0.6 is 0 Å². The Kier molecular flexibility index (Phi) is 4.34. The predicted molar refractivity (Wildman–Crippen MR) is 63.4 cm³/mol. The number of carbonyl (C=O) groups excluding carboxylic acids is 1. The lowest BCUT2D eigenvalue weighted by atomic mass is 9.91. The van der Waals surface area contributed by atoms with Crippen LogP contribution < -0.4 is 5.43 Å². The van der Waals surface area contributed by atoms with Crippen LogP contribution in [0.25, 0.3) is 0 Å². The topological polar surface area (TPSA) is 72.9 Å². The van der Waals surface area contributed by atoms with Gasteiger partial charge in [0, 0.05) is 20.6 Å². The molecule has 1 atom stereocenters. The Labute approximate surface area is 102 Å². The van der Waals surface area contributed by atoms with Crippen molar-refractivity contribution in [3.8, 4) is 0 Å². The summed E-state index contributed by atoms with van der Waals surface area (Å²) in [6.07, 6.45) is 2.53. The van der Waals surface area contributed by atoms with Crippen LogP contribution in [0.5, 0.6) is 0 Å². The lowest BCUT2D eigenvalue weighted by Gasteiger charge is -2.35. The number of nitrogens with one attached hydrogen (secondary N) is 1. The molecule has 1 rings (SSSR count). The third-order valence-corrected chi connectivity index (χ3v) is 3.11. The van der Waals surface area contributed by atoms with Gasteiger partial charge in [-0.15, -0.1) is 0 Å². The number of nitrogens with zero attached hydrogens (tertiary/aromatic N) is 2. The van der Waals surface area contributed by atoms with Crippen LogP contribution in [0.3, 0.4) is 0 Å². The number of aliphatic carboxylic acids is 1. The fraction of sp³-hybridized carbons (Fsp3) is 0.818. The number of hydrazine groups is 1. The minimum absolute atomic E-state index is 0.330. The number of likely N-dealkylation sites (tertiary alicyclic amines) is 1. The monoisotopic (exact) mass is 243 g/mol. The Hall–Kier alpha value is -1.30. The van der Waals surface area contributed by atoms with Gasteiger partial charge < -0.3 is 10.0 Å². The van der Waals surface area contributed by atoms with Crippen molar-refractivity contribution < 1.29 is 14.7 Å². The van der Waals surface area contributed by atoms with E-state index in [0.717, 1.165) is 12.8 Å². The molecular weight excluding hydrogens is 222 g/mol. The van der Waals surface area contributed by atoms with Gasteiger partial charge >= 0.3 is 12.0 Å². The van der Waals surface area contributed by atoms with Crippen molar-refractivity contribution >= 4 is 12.0 Å². The number of hydrogen-bond donors (Lipinski definition) is 2. The molecule has 6 nitrogen and oxygen atoms in total. The molecular formula is C11H21N3O3. The van der Waals surface area contributed by atoms with Gasteiger partial charge in [0.05, 0.1) is 0 Å². The highest BCUT2D eigenvalue weighted by Gasteiger charge is 2.49. The van der Waals surface area contributed by atoms with Crippen LogP contribution in [-0.4, -0.2) is 53.2 Å². The summed E-state index contributed by atoms with van der Waals surface area (Å²) >= 11 is 0. The molecule has 1 saturated heterocycles. The molecule has 0 aliphatic carbocycles. The molecule has 17 heavy (non-hydrogen) atoms. The molecule has 0 saturated carbocycles. The zero-order valence-electron chi connectivity index (χ0n) is 10.7. The van der Waals surface area contributed by atoms with Gasteiger partial charge in [-0.25, -0.2) is 14.6 Å². The number of rotatable bonds is 4. The maximum absolute atomic E-state index is 12.0. The standard InChI is InChI=1S/C11H21N3O3/c1-4-6-11(9(15)16)7-5-8-14(11)10(17)12-13(2)3/h4-8H2,1-3H3,(H,12,17)(H,15,16). The third-order valence-electron chi connectivity index (χ3n) is 3.11. The van der Waals surface area contributed by atoms with E-state index < -0.39 is 11.5 Å². The smallest absolute Gasteiger partial charge is 0.332 e. The summed E-state index contributed by atoms with van der Waals surface area (Å²) in [4.78, 5) is 24.9. The van der Waals surface area contributed by atoms with Gasteiger partial charge in [0.15, 0.2) is 0 Å². The van der Waals surface area contributed by atoms with Crippen LogP contribution in [0.15, 0.2) is 0 Å². The number of carboxylic acid groups (broad SMARTS) is 1. The summed E-state index contributed by atoms with van der Waals surface area (Å²) in [5, 5.41) is 10.9. The molecule has 0 aromatic carbocycles. The molecule has 2 amide bonds. The van der Waals surface area contributed by atoms with Gasteiger partial charge in [0.1, 0.15) is 5.54 Å². The first-order valence-corrected chi connectivity index (χ1v) is 5.93. The number of urea groups is 1. The normalized spacial score (nSPS) is 24.1.